The van der Waals surface area contributed by atoms with Gasteiger partial charge in [-0.05, 0) is 26.2 Å². The molecule has 1 saturated heterocycles. The van der Waals surface area contributed by atoms with Crippen LogP contribution >= 0.6 is 0 Å². The van der Waals surface area contributed by atoms with Gasteiger partial charge in [0.05, 0.1) is 6.61 Å². The normalized spacial score (nSPS) is 17.1. The second-order valence-corrected chi connectivity index (χ2v) is 5.08. The Labute approximate surface area is 121 Å². The molecule has 0 radical (unpaired) electrons. The molecule has 0 bridgehead atoms. The van der Waals surface area contributed by atoms with E-state index in [0.717, 1.165) is 25.8 Å². The summed E-state index contributed by atoms with van der Waals surface area (Å²) in [4.78, 5) is 17.6. The molecular formula is C14H28N4O2. The van der Waals surface area contributed by atoms with Crippen LogP contribution < -0.4 is 11.1 Å². The number of carbonyl (C=O) groups excluding carboxylic acids is 1. The monoisotopic (exact) mass is 284 g/mol. The molecule has 116 valence electrons. The number of nitrogens with one attached hydrogen (secondary N) is 1. The van der Waals surface area contributed by atoms with Crippen molar-refractivity contribution < 1.29 is 9.53 Å². The summed E-state index contributed by atoms with van der Waals surface area (Å²) in [6, 6.07) is 0.301. The Hall–Kier alpha value is -1.46. The molecule has 0 saturated carbocycles. The van der Waals surface area contributed by atoms with Crippen LogP contribution in [0, 0.1) is 0 Å². The molecule has 0 atom stereocenters. The average molecular weight is 284 g/mol. The molecule has 1 aliphatic rings. The zero-order valence-corrected chi connectivity index (χ0v) is 12.7. The number of nitrogens with two attached hydrogens (primary N) is 1. The highest BCUT2D eigenvalue weighted by Gasteiger charge is 2.23. The maximum atomic E-state index is 11.6. The van der Waals surface area contributed by atoms with Crippen molar-refractivity contribution in [2.45, 2.75) is 52.0 Å². The highest BCUT2D eigenvalue weighted by Crippen LogP contribution is 2.11. The maximum absolute atomic E-state index is 11.6. The average Bonchev–Trinajstić information content (AvgIpc) is 2.45. The van der Waals surface area contributed by atoms with Gasteiger partial charge in [0.1, 0.15) is 0 Å². The van der Waals surface area contributed by atoms with Crippen LogP contribution in [0.1, 0.15) is 46.0 Å². The summed E-state index contributed by atoms with van der Waals surface area (Å²) in [5.74, 6) is 0.524. The first kappa shape index (κ1) is 16.6. The molecule has 3 N–H and O–H groups in total. The smallest absolute Gasteiger partial charge is 0.409 e. The van der Waals surface area contributed by atoms with Crippen LogP contribution in [0.4, 0.5) is 4.79 Å². The Morgan fingerprint density at radius 2 is 2.05 bits per heavy atom. The minimum Gasteiger partial charge on any atom is -0.450 e. The minimum absolute atomic E-state index is 0.216. The lowest BCUT2D eigenvalue weighted by atomic mass is 10.1. The van der Waals surface area contributed by atoms with E-state index in [4.69, 9.17) is 10.5 Å². The summed E-state index contributed by atoms with van der Waals surface area (Å²) in [7, 11) is 0. The van der Waals surface area contributed by atoms with Crippen molar-refractivity contribution in [2.75, 3.05) is 26.2 Å². The van der Waals surface area contributed by atoms with E-state index in [1.807, 2.05) is 6.92 Å². The molecule has 0 aliphatic carbocycles. The van der Waals surface area contributed by atoms with Gasteiger partial charge in [0.15, 0.2) is 5.96 Å². The van der Waals surface area contributed by atoms with Crippen LogP contribution in [0.25, 0.3) is 0 Å². The molecule has 6 nitrogen and oxygen atoms in total. The molecule has 20 heavy (non-hydrogen) atoms. The number of likely N-dealkylation sites (tertiary alicyclic amines) is 1. The number of aliphatic imine (C=N–C) groups is 1. The van der Waals surface area contributed by atoms with E-state index in [-0.39, 0.29) is 6.09 Å². The third kappa shape index (κ3) is 6.12. The van der Waals surface area contributed by atoms with Crippen molar-refractivity contribution in [2.24, 2.45) is 10.7 Å². The quantitative estimate of drug-likeness (QED) is 0.442. The van der Waals surface area contributed by atoms with E-state index < -0.39 is 0 Å². The van der Waals surface area contributed by atoms with Crippen molar-refractivity contribution in [3.63, 3.8) is 0 Å². The third-order valence-corrected chi connectivity index (χ3v) is 3.42. The highest BCUT2D eigenvalue weighted by molar-refractivity contribution is 5.78. The van der Waals surface area contributed by atoms with Gasteiger partial charge < -0.3 is 20.7 Å². The molecule has 0 unspecified atom stereocenters. The largest absolute Gasteiger partial charge is 0.450 e. The van der Waals surface area contributed by atoms with Crippen molar-refractivity contribution in [1.82, 2.24) is 10.2 Å². The predicted molar refractivity (Wildman–Crippen MR) is 80.8 cm³/mol. The molecule has 1 aliphatic heterocycles. The summed E-state index contributed by atoms with van der Waals surface area (Å²) in [6.07, 6.45) is 5.00. The van der Waals surface area contributed by atoms with E-state index in [9.17, 15) is 4.79 Å². The van der Waals surface area contributed by atoms with Gasteiger partial charge >= 0.3 is 6.09 Å². The Morgan fingerprint density at radius 3 is 2.65 bits per heavy atom. The fraction of sp³-hybridized carbons (Fsp3) is 0.857. The van der Waals surface area contributed by atoms with Gasteiger partial charge in [-0.2, -0.15) is 0 Å². The number of ether oxygens (including phenoxy) is 1. The Balaban J connectivity index is 2.23. The van der Waals surface area contributed by atoms with E-state index >= 15 is 0 Å². The van der Waals surface area contributed by atoms with Crippen LogP contribution in [0.15, 0.2) is 4.99 Å². The first-order valence-corrected chi connectivity index (χ1v) is 7.65. The number of amides is 1. The maximum Gasteiger partial charge on any atom is 0.409 e. The first-order valence-electron chi connectivity index (χ1n) is 7.65. The first-order chi connectivity index (χ1) is 9.67. The Bertz CT molecular complexity index is 312. The summed E-state index contributed by atoms with van der Waals surface area (Å²) >= 11 is 0. The van der Waals surface area contributed by atoms with E-state index in [1.165, 1.54) is 12.8 Å². The van der Waals surface area contributed by atoms with Crippen molar-refractivity contribution in [1.29, 1.82) is 0 Å². The summed E-state index contributed by atoms with van der Waals surface area (Å²) < 4.78 is 4.99. The standard InChI is InChI=1S/C14H28N4O2/c1-3-5-6-9-16-13(15)17-12-7-10-18(11-8-12)14(19)20-4-2/h12H,3-11H2,1-2H3,(H3,15,16,17). The van der Waals surface area contributed by atoms with Crippen molar-refractivity contribution in [3.05, 3.63) is 0 Å². The molecule has 1 heterocycles. The number of hydrogen-bond donors (Lipinski definition) is 2. The number of guanidine groups is 1. The van der Waals surface area contributed by atoms with E-state index in [1.54, 1.807) is 4.90 Å². The Morgan fingerprint density at radius 1 is 1.35 bits per heavy atom. The summed E-state index contributed by atoms with van der Waals surface area (Å²) in [6.45, 7) is 6.62. The van der Waals surface area contributed by atoms with Gasteiger partial charge in [-0.25, -0.2) is 4.79 Å². The molecule has 0 spiro atoms. The summed E-state index contributed by atoms with van der Waals surface area (Å²) in [5, 5.41) is 3.24. The number of piperidine rings is 1. The lowest BCUT2D eigenvalue weighted by Gasteiger charge is -2.31. The van der Waals surface area contributed by atoms with Gasteiger partial charge in [0.2, 0.25) is 0 Å². The lowest BCUT2D eigenvalue weighted by molar-refractivity contribution is 0.0963. The van der Waals surface area contributed by atoms with E-state index in [0.29, 0.717) is 31.7 Å². The fourth-order valence-electron chi connectivity index (χ4n) is 2.24. The second kappa shape index (κ2) is 9.44. The van der Waals surface area contributed by atoms with Crippen LogP contribution in [0.5, 0.6) is 0 Å². The van der Waals surface area contributed by atoms with Gasteiger partial charge in [-0.3, -0.25) is 4.99 Å². The van der Waals surface area contributed by atoms with Crippen molar-refractivity contribution >= 4 is 12.1 Å². The molecule has 1 rings (SSSR count). The molecule has 1 fully saturated rings. The van der Waals surface area contributed by atoms with Crippen LogP contribution in [0.2, 0.25) is 0 Å². The molecule has 0 aromatic rings. The summed E-state index contributed by atoms with van der Waals surface area (Å²) in [5.41, 5.74) is 5.86. The molecule has 1 amide bonds. The minimum atomic E-state index is -0.216. The molecular weight excluding hydrogens is 256 g/mol. The van der Waals surface area contributed by atoms with Gasteiger partial charge in [-0.1, -0.05) is 19.8 Å². The molecule has 6 heteroatoms. The molecule has 0 aromatic heterocycles. The second-order valence-electron chi connectivity index (χ2n) is 5.08. The van der Waals surface area contributed by atoms with Gasteiger partial charge in [0.25, 0.3) is 0 Å². The number of carbonyl (C=O) groups is 1. The molecule has 0 aromatic carbocycles. The fourth-order valence-corrected chi connectivity index (χ4v) is 2.24. The lowest BCUT2D eigenvalue weighted by Crippen LogP contribution is -2.48. The topological polar surface area (TPSA) is 80.0 Å². The van der Waals surface area contributed by atoms with Crippen molar-refractivity contribution in [3.8, 4) is 0 Å². The Kier molecular flexibility index (Phi) is 7.84. The zero-order chi connectivity index (χ0) is 14.8. The SMILES string of the molecule is CCCCCN=C(N)NC1CCN(C(=O)OCC)CC1. The number of rotatable bonds is 6. The zero-order valence-electron chi connectivity index (χ0n) is 12.7. The van der Waals surface area contributed by atoms with Crippen LogP contribution in [0.3, 0.4) is 0 Å². The predicted octanol–water partition coefficient (Wildman–Crippen LogP) is 1.70. The third-order valence-electron chi connectivity index (χ3n) is 3.42. The van der Waals surface area contributed by atoms with Crippen LogP contribution in [-0.2, 0) is 4.74 Å². The van der Waals surface area contributed by atoms with Gasteiger partial charge in [0, 0.05) is 25.7 Å². The number of unbranched alkanes of at least 4 members (excludes halogenated alkanes) is 2. The highest BCUT2D eigenvalue weighted by atomic mass is 16.6. The van der Waals surface area contributed by atoms with Gasteiger partial charge in [-0.15, -0.1) is 0 Å². The van der Waals surface area contributed by atoms with Crippen LogP contribution in [-0.4, -0.2) is 49.2 Å². The number of hydrogen-bond acceptors (Lipinski definition) is 3. The number of nitrogens with zero attached hydrogens (tertiary/aromatic N) is 2. The van der Waals surface area contributed by atoms with E-state index in [2.05, 4.69) is 17.2 Å².